The lowest BCUT2D eigenvalue weighted by atomic mass is 9.82. The predicted molar refractivity (Wildman–Crippen MR) is 101 cm³/mol. The molecule has 0 amide bonds. The van der Waals surface area contributed by atoms with E-state index in [4.69, 9.17) is 4.74 Å². The van der Waals surface area contributed by atoms with Crippen LogP contribution in [0.4, 0.5) is 0 Å². The van der Waals surface area contributed by atoms with Crippen LogP contribution in [0.1, 0.15) is 61.6 Å². The first-order valence-electron chi connectivity index (χ1n) is 8.99. The maximum absolute atomic E-state index is 5.68. The Hall–Kier alpha value is -1.80. The smallest absolute Gasteiger partial charge is 0.119 e. The van der Waals surface area contributed by atoms with Crippen LogP contribution in [0.25, 0.3) is 0 Å². The third-order valence-corrected chi connectivity index (χ3v) is 4.78. The summed E-state index contributed by atoms with van der Waals surface area (Å²) in [5, 5.41) is 3.71. The SMILES string of the molecule is CCOc1ccc2c(c1)CCNC2c1cc(C)cc(C(C)(C)C)c1. The van der Waals surface area contributed by atoms with Crippen molar-refractivity contribution in [3.63, 3.8) is 0 Å². The van der Waals surface area contributed by atoms with Crippen molar-refractivity contribution in [1.29, 1.82) is 0 Å². The third kappa shape index (κ3) is 3.49. The number of rotatable bonds is 3. The van der Waals surface area contributed by atoms with Gasteiger partial charge in [0.1, 0.15) is 5.75 Å². The molecule has 0 aromatic heterocycles. The molecule has 1 atom stereocenters. The first-order valence-corrected chi connectivity index (χ1v) is 8.99. The lowest BCUT2D eigenvalue weighted by Crippen LogP contribution is -2.31. The van der Waals surface area contributed by atoms with Crippen LogP contribution >= 0.6 is 0 Å². The Morgan fingerprint density at radius 1 is 1.12 bits per heavy atom. The molecule has 1 N–H and O–H groups in total. The molecule has 3 rings (SSSR count). The second kappa shape index (κ2) is 6.60. The van der Waals surface area contributed by atoms with E-state index in [-0.39, 0.29) is 11.5 Å². The Kier molecular flexibility index (Phi) is 4.69. The molecule has 1 heterocycles. The topological polar surface area (TPSA) is 21.3 Å². The summed E-state index contributed by atoms with van der Waals surface area (Å²) in [6.07, 6.45) is 1.06. The van der Waals surface area contributed by atoms with E-state index < -0.39 is 0 Å². The van der Waals surface area contributed by atoms with Crippen molar-refractivity contribution in [1.82, 2.24) is 5.32 Å². The molecule has 0 spiro atoms. The summed E-state index contributed by atoms with van der Waals surface area (Å²) in [5.74, 6) is 0.983. The summed E-state index contributed by atoms with van der Waals surface area (Å²) in [7, 11) is 0. The van der Waals surface area contributed by atoms with Crippen molar-refractivity contribution in [3.05, 3.63) is 64.2 Å². The quantitative estimate of drug-likeness (QED) is 0.865. The monoisotopic (exact) mass is 323 g/mol. The van der Waals surface area contributed by atoms with Gasteiger partial charge in [0.15, 0.2) is 0 Å². The molecular formula is C22H29NO. The standard InChI is InChI=1S/C22H29NO/c1-6-24-19-7-8-20-16(14-19)9-10-23-21(20)17-11-15(2)12-18(13-17)22(3,4)5/h7-8,11-14,21,23H,6,9-10H2,1-5H3. The maximum Gasteiger partial charge on any atom is 0.119 e. The summed E-state index contributed by atoms with van der Waals surface area (Å²) >= 11 is 0. The molecule has 0 aliphatic carbocycles. The summed E-state index contributed by atoms with van der Waals surface area (Å²) in [4.78, 5) is 0. The van der Waals surface area contributed by atoms with Gasteiger partial charge in [-0.3, -0.25) is 0 Å². The van der Waals surface area contributed by atoms with Gasteiger partial charge in [-0.15, -0.1) is 0 Å². The second-order valence-corrected chi connectivity index (χ2v) is 7.81. The molecule has 24 heavy (non-hydrogen) atoms. The highest BCUT2D eigenvalue weighted by molar-refractivity contribution is 5.46. The van der Waals surface area contributed by atoms with Gasteiger partial charge in [0.25, 0.3) is 0 Å². The van der Waals surface area contributed by atoms with E-state index in [0.717, 1.165) is 18.7 Å². The fourth-order valence-electron chi connectivity index (χ4n) is 3.51. The van der Waals surface area contributed by atoms with Crippen LogP contribution in [0.3, 0.4) is 0 Å². The van der Waals surface area contributed by atoms with Crippen LogP contribution in [0.15, 0.2) is 36.4 Å². The Morgan fingerprint density at radius 3 is 2.62 bits per heavy atom. The Bertz CT molecular complexity index is 727. The van der Waals surface area contributed by atoms with E-state index in [2.05, 4.69) is 69.4 Å². The number of nitrogens with one attached hydrogen (secondary N) is 1. The molecule has 2 aromatic rings. The van der Waals surface area contributed by atoms with Crippen LogP contribution in [0.5, 0.6) is 5.75 Å². The van der Waals surface area contributed by atoms with Gasteiger partial charge in [0, 0.05) is 6.54 Å². The van der Waals surface area contributed by atoms with Crippen LogP contribution in [-0.2, 0) is 11.8 Å². The number of hydrogen-bond donors (Lipinski definition) is 1. The van der Waals surface area contributed by atoms with E-state index in [1.54, 1.807) is 0 Å². The van der Waals surface area contributed by atoms with Crippen molar-refractivity contribution < 1.29 is 4.74 Å². The highest BCUT2D eigenvalue weighted by atomic mass is 16.5. The predicted octanol–water partition coefficient (Wildman–Crippen LogP) is 4.93. The lowest BCUT2D eigenvalue weighted by Gasteiger charge is -2.29. The normalized spacial score (nSPS) is 17.5. The molecule has 1 unspecified atom stereocenters. The number of hydrogen-bond acceptors (Lipinski definition) is 2. The summed E-state index contributed by atoms with van der Waals surface area (Å²) in [5.41, 5.74) is 7.05. The van der Waals surface area contributed by atoms with Gasteiger partial charge in [-0.05, 0) is 60.1 Å². The average molecular weight is 323 g/mol. The minimum Gasteiger partial charge on any atom is -0.494 e. The summed E-state index contributed by atoms with van der Waals surface area (Å²) < 4.78 is 5.68. The van der Waals surface area contributed by atoms with Gasteiger partial charge < -0.3 is 10.1 Å². The number of benzene rings is 2. The van der Waals surface area contributed by atoms with E-state index in [0.29, 0.717) is 6.61 Å². The number of fused-ring (bicyclic) bond motifs is 1. The van der Waals surface area contributed by atoms with Crippen molar-refractivity contribution in [2.24, 2.45) is 0 Å². The van der Waals surface area contributed by atoms with Gasteiger partial charge in [-0.1, -0.05) is 50.6 Å². The van der Waals surface area contributed by atoms with Crippen LogP contribution in [0.2, 0.25) is 0 Å². The molecule has 2 nitrogen and oxygen atoms in total. The van der Waals surface area contributed by atoms with Crippen molar-refractivity contribution in [3.8, 4) is 5.75 Å². The highest BCUT2D eigenvalue weighted by Gasteiger charge is 2.24. The first-order chi connectivity index (χ1) is 11.4. The minimum atomic E-state index is 0.164. The molecular weight excluding hydrogens is 294 g/mol. The third-order valence-electron chi connectivity index (χ3n) is 4.78. The highest BCUT2D eigenvalue weighted by Crippen LogP contribution is 2.34. The van der Waals surface area contributed by atoms with Crippen LogP contribution in [-0.4, -0.2) is 13.2 Å². The molecule has 0 fully saturated rings. The molecule has 2 aromatic carbocycles. The molecule has 0 bridgehead atoms. The Labute approximate surface area is 146 Å². The number of ether oxygens (including phenoxy) is 1. The zero-order valence-corrected chi connectivity index (χ0v) is 15.6. The van der Waals surface area contributed by atoms with Crippen LogP contribution in [0, 0.1) is 6.92 Å². The molecule has 1 aliphatic rings. The fourth-order valence-corrected chi connectivity index (χ4v) is 3.51. The molecule has 0 saturated carbocycles. The van der Waals surface area contributed by atoms with E-state index in [1.807, 2.05) is 6.92 Å². The number of aryl methyl sites for hydroxylation is 1. The molecule has 2 heteroatoms. The van der Waals surface area contributed by atoms with Crippen molar-refractivity contribution in [2.45, 2.75) is 52.5 Å². The van der Waals surface area contributed by atoms with E-state index >= 15 is 0 Å². The van der Waals surface area contributed by atoms with Gasteiger partial charge in [0.05, 0.1) is 12.6 Å². The lowest BCUT2D eigenvalue weighted by molar-refractivity contribution is 0.339. The van der Waals surface area contributed by atoms with Gasteiger partial charge in [0.2, 0.25) is 0 Å². The molecule has 128 valence electrons. The second-order valence-electron chi connectivity index (χ2n) is 7.81. The van der Waals surface area contributed by atoms with Gasteiger partial charge >= 0.3 is 0 Å². The van der Waals surface area contributed by atoms with Crippen LogP contribution < -0.4 is 10.1 Å². The maximum atomic E-state index is 5.68. The first kappa shape index (κ1) is 17.0. The van der Waals surface area contributed by atoms with E-state index in [1.165, 1.54) is 27.8 Å². The average Bonchev–Trinajstić information content (AvgIpc) is 2.53. The Balaban J connectivity index is 2.02. The van der Waals surface area contributed by atoms with E-state index in [9.17, 15) is 0 Å². The zero-order chi connectivity index (χ0) is 17.3. The minimum absolute atomic E-state index is 0.164. The van der Waals surface area contributed by atoms with Gasteiger partial charge in [-0.2, -0.15) is 0 Å². The summed E-state index contributed by atoms with van der Waals surface area (Å²) in [6.45, 7) is 12.8. The fraction of sp³-hybridized carbons (Fsp3) is 0.455. The van der Waals surface area contributed by atoms with Gasteiger partial charge in [-0.25, -0.2) is 0 Å². The zero-order valence-electron chi connectivity index (χ0n) is 15.6. The summed E-state index contributed by atoms with van der Waals surface area (Å²) in [6, 6.07) is 13.8. The largest absolute Gasteiger partial charge is 0.494 e. The molecule has 0 saturated heterocycles. The van der Waals surface area contributed by atoms with Crippen molar-refractivity contribution in [2.75, 3.05) is 13.2 Å². The Morgan fingerprint density at radius 2 is 1.92 bits per heavy atom. The molecule has 0 radical (unpaired) electrons. The van der Waals surface area contributed by atoms with Crippen molar-refractivity contribution >= 4 is 0 Å². The molecule has 1 aliphatic heterocycles.